The summed E-state index contributed by atoms with van der Waals surface area (Å²) in [6, 6.07) is 9.42. The van der Waals surface area contributed by atoms with Crippen molar-refractivity contribution in [3.05, 3.63) is 52.2 Å². The van der Waals surface area contributed by atoms with Crippen molar-refractivity contribution in [1.82, 2.24) is 14.5 Å². The first-order valence-electron chi connectivity index (χ1n) is 11.3. The van der Waals surface area contributed by atoms with Gasteiger partial charge in [0.1, 0.15) is 14.8 Å². The summed E-state index contributed by atoms with van der Waals surface area (Å²) in [5.41, 5.74) is 3.89. The number of thiazole rings is 1. The highest BCUT2D eigenvalue weighted by Crippen LogP contribution is 2.37. The summed E-state index contributed by atoms with van der Waals surface area (Å²) in [5, 5.41) is 0.668. The second kappa shape index (κ2) is 8.29. The maximum Gasteiger partial charge on any atom is 0.266 e. The normalized spacial score (nSPS) is 16.3. The Bertz CT molecular complexity index is 1330. The Kier molecular flexibility index (Phi) is 5.56. The molecule has 0 N–H and O–H groups in total. The van der Waals surface area contributed by atoms with E-state index >= 15 is 0 Å². The van der Waals surface area contributed by atoms with Gasteiger partial charge < -0.3 is 9.47 Å². The lowest BCUT2D eigenvalue weighted by Crippen LogP contribution is -2.35. The zero-order valence-electron chi connectivity index (χ0n) is 19.2. The summed E-state index contributed by atoms with van der Waals surface area (Å²) < 4.78 is 30.9. The first-order valence-corrected chi connectivity index (χ1v) is 13.6. The van der Waals surface area contributed by atoms with Crippen LogP contribution in [0.5, 0.6) is 0 Å². The van der Waals surface area contributed by atoms with Crippen molar-refractivity contribution in [2.24, 2.45) is 7.05 Å². The van der Waals surface area contributed by atoms with Gasteiger partial charge in [-0.15, -0.1) is 11.3 Å². The minimum absolute atomic E-state index is 0.0254. The van der Waals surface area contributed by atoms with Gasteiger partial charge in [-0.2, -0.15) is 0 Å². The second-order valence-corrected chi connectivity index (χ2v) is 11.6. The van der Waals surface area contributed by atoms with Gasteiger partial charge in [0.15, 0.2) is 0 Å². The second-order valence-electron chi connectivity index (χ2n) is 8.78. The van der Waals surface area contributed by atoms with Gasteiger partial charge in [0, 0.05) is 32.4 Å². The highest BCUT2D eigenvalue weighted by atomic mass is 32.2. The number of aryl methyl sites for hydroxylation is 2. The van der Waals surface area contributed by atoms with E-state index in [-0.39, 0.29) is 10.8 Å². The van der Waals surface area contributed by atoms with Crippen molar-refractivity contribution in [1.29, 1.82) is 0 Å². The Balaban J connectivity index is 1.53. The highest BCUT2D eigenvalue weighted by Gasteiger charge is 2.33. The molecule has 9 heteroatoms. The molecule has 33 heavy (non-hydrogen) atoms. The molecule has 2 aliphatic rings. The molecule has 3 aromatic rings. The topological polar surface area (TPSA) is 75.5 Å². The fraction of sp³-hybridized carbons (Fsp3) is 0.417. The molecular weight excluding hydrogens is 456 g/mol. The number of sulfonamides is 1. The van der Waals surface area contributed by atoms with Crippen molar-refractivity contribution < 1.29 is 13.2 Å². The molecule has 5 rings (SSSR count). The summed E-state index contributed by atoms with van der Waals surface area (Å²) in [7, 11) is -1.88. The largest absolute Gasteiger partial charge is 0.345 e. The van der Waals surface area contributed by atoms with Gasteiger partial charge in [-0.1, -0.05) is 18.2 Å². The van der Waals surface area contributed by atoms with Crippen molar-refractivity contribution in [2.45, 2.75) is 44.4 Å². The van der Waals surface area contributed by atoms with E-state index in [1.807, 2.05) is 54.6 Å². The van der Waals surface area contributed by atoms with Crippen LogP contribution in [-0.4, -0.2) is 48.4 Å². The van der Waals surface area contributed by atoms with Crippen molar-refractivity contribution in [3.8, 4) is 10.7 Å². The molecule has 0 unspecified atom stereocenters. The first-order chi connectivity index (χ1) is 15.8. The minimum atomic E-state index is -3.73. The third-order valence-electron chi connectivity index (χ3n) is 6.73. The Morgan fingerprint density at radius 2 is 1.79 bits per heavy atom. The molecule has 0 radical (unpaired) electrons. The Morgan fingerprint density at radius 1 is 1.06 bits per heavy atom. The molecule has 0 aliphatic carbocycles. The predicted octanol–water partition coefficient (Wildman–Crippen LogP) is 4.14. The number of rotatable bonds is 4. The quantitative estimate of drug-likeness (QED) is 0.558. The van der Waals surface area contributed by atoms with Crippen LogP contribution >= 0.6 is 11.3 Å². The van der Waals surface area contributed by atoms with Crippen molar-refractivity contribution in [3.63, 3.8) is 0 Å². The van der Waals surface area contributed by atoms with Crippen molar-refractivity contribution >= 4 is 33.0 Å². The standard InChI is InChI=1S/C24H28N4O3S2/c1-16-22(24(29)27-12-6-7-13-27)32-23(25-16)20-15-21(17(2)26(20)3)33(30,31)28-14-8-10-18-9-4-5-11-19(18)28/h4-5,9,11,15H,6-8,10,12-14H2,1-3H3. The summed E-state index contributed by atoms with van der Waals surface area (Å²) in [4.78, 5) is 20.4. The summed E-state index contributed by atoms with van der Waals surface area (Å²) in [6.45, 7) is 5.71. The number of fused-ring (bicyclic) bond motifs is 1. The lowest BCUT2D eigenvalue weighted by atomic mass is 10.0. The smallest absolute Gasteiger partial charge is 0.266 e. The number of para-hydroxylation sites is 1. The lowest BCUT2D eigenvalue weighted by Gasteiger charge is -2.30. The molecule has 174 valence electrons. The minimum Gasteiger partial charge on any atom is -0.345 e. The number of likely N-dealkylation sites (tertiary alicyclic amines) is 1. The molecule has 1 amide bonds. The predicted molar refractivity (Wildman–Crippen MR) is 130 cm³/mol. The number of benzene rings is 1. The monoisotopic (exact) mass is 484 g/mol. The van der Waals surface area contributed by atoms with E-state index in [1.54, 1.807) is 6.07 Å². The van der Waals surface area contributed by atoms with Crippen LogP contribution in [0.15, 0.2) is 35.2 Å². The van der Waals surface area contributed by atoms with Crippen LogP contribution in [0.1, 0.15) is 45.9 Å². The average molecular weight is 485 g/mol. The van der Waals surface area contributed by atoms with Crippen LogP contribution in [0.2, 0.25) is 0 Å². The molecule has 0 spiro atoms. The molecule has 7 nitrogen and oxygen atoms in total. The molecule has 0 atom stereocenters. The van der Waals surface area contributed by atoms with E-state index in [0.717, 1.165) is 50.0 Å². The third-order valence-corrected chi connectivity index (χ3v) is 9.82. The number of anilines is 1. The molecule has 0 bridgehead atoms. The van der Waals surface area contributed by atoms with Gasteiger partial charge >= 0.3 is 0 Å². The average Bonchev–Trinajstić information content (AvgIpc) is 3.54. The van der Waals surface area contributed by atoms with Gasteiger partial charge in [-0.25, -0.2) is 13.4 Å². The molecule has 4 heterocycles. The number of hydrogen-bond donors (Lipinski definition) is 0. The van der Waals surface area contributed by atoms with Gasteiger partial charge in [-0.3, -0.25) is 9.10 Å². The molecule has 1 saturated heterocycles. The third kappa shape index (κ3) is 3.67. The van der Waals surface area contributed by atoms with E-state index < -0.39 is 10.0 Å². The Labute approximate surface area is 198 Å². The van der Waals surface area contributed by atoms with Gasteiger partial charge in [-0.05, 0) is 57.2 Å². The fourth-order valence-electron chi connectivity index (χ4n) is 4.77. The van der Waals surface area contributed by atoms with Crippen molar-refractivity contribution in [2.75, 3.05) is 23.9 Å². The summed E-state index contributed by atoms with van der Waals surface area (Å²) in [5.74, 6) is 0.0254. The molecule has 1 fully saturated rings. The van der Waals surface area contributed by atoms with Crippen LogP contribution in [0.4, 0.5) is 5.69 Å². The van der Waals surface area contributed by atoms with Crippen LogP contribution in [0.3, 0.4) is 0 Å². The Morgan fingerprint density at radius 3 is 2.55 bits per heavy atom. The number of amides is 1. The van der Waals surface area contributed by atoms with Crippen LogP contribution in [-0.2, 0) is 23.5 Å². The maximum atomic E-state index is 13.8. The van der Waals surface area contributed by atoms with Crippen LogP contribution in [0.25, 0.3) is 10.7 Å². The molecule has 1 aromatic carbocycles. The van der Waals surface area contributed by atoms with Crippen LogP contribution < -0.4 is 4.31 Å². The van der Waals surface area contributed by atoms with Gasteiger partial charge in [0.05, 0.1) is 17.1 Å². The number of nitrogens with zero attached hydrogens (tertiary/aromatic N) is 4. The van der Waals surface area contributed by atoms with E-state index in [4.69, 9.17) is 0 Å². The summed E-state index contributed by atoms with van der Waals surface area (Å²) in [6.07, 6.45) is 3.75. The lowest BCUT2D eigenvalue weighted by molar-refractivity contribution is 0.0796. The van der Waals surface area contributed by atoms with Gasteiger partial charge in [0.25, 0.3) is 15.9 Å². The number of aromatic nitrogens is 2. The highest BCUT2D eigenvalue weighted by molar-refractivity contribution is 7.92. The zero-order chi connectivity index (χ0) is 23.3. The first kappa shape index (κ1) is 22.2. The van der Waals surface area contributed by atoms with Gasteiger partial charge in [0.2, 0.25) is 0 Å². The molecule has 2 aromatic heterocycles. The fourth-order valence-corrected chi connectivity index (χ4v) is 7.67. The molecule has 2 aliphatic heterocycles. The van der Waals surface area contributed by atoms with E-state index in [1.165, 1.54) is 15.6 Å². The van der Waals surface area contributed by atoms with E-state index in [0.29, 0.717) is 33.5 Å². The van der Waals surface area contributed by atoms with E-state index in [2.05, 4.69) is 4.98 Å². The zero-order valence-corrected chi connectivity index (χ0v) is 20.8. The maximum absolute atomic E-state index is 13.8. The molecular formula is C24H28N4O3S2. The summed E-state index contributed by atoms with van der Waals surface area (Å²) >= 11 is 1.35. The number of carbonyl (C=O) groups is 1. The number of carbonyl (C=O) groups excluding carboxylic acids is 1. The number of hydrogen-bond acceptors (Lipinski definition) is 5. The SMILES string of the molecule is Cc1nc(-c2cc(S(=O)(=O)N3CCCc4ccccc43)c(C)n2C)sc1C(=O)N1CCCC1. The molecule has 0 saturated carbocycles. The Hall–Kier alpha value is -2.65. The van der Waals surface area contributed by atoms with E-state index in [9.17, 15) is 13.2 Å². The van der Waals surface area contributed by atoms with Crippen LogP contribution in [0, 0.1) is 13.8 Å².